The van der Waals surface area contributed by atoms with Crippen molar-refractivity contribution in [1.82, 2.24) is 4.65 Å². The van der Waals surface area contributed by atoms with Crippen molar-refractivity contribution in [3.05, 3.63) is 112 Å². The number of carboxylic acids is 1. The quantitative estimate of drug-likeness (QED) is 0.147. The number of carbonyl (C=O) groups is 1. The molecular formula is C30H25N3O5. The van der Waals surface area contributed by atoms with Crippen LogP contribution in [0.3, 0.4) is 0 Å². The van der Waals surface area contributed by atoms with Crippen LogP contribution >= 0.6 is 0 Å². The van der Waals surface area contributed by atoms with E-state index in [0.717, 1.165) is 16.7 Å². The van der Waals surface area contributed by atoms with Gasteiger partial charge < -0.3 is 20.5 Å². The van der Waals surface area contributed by atoms with Gasteiger partial charge >= 0.3 is 5.97 Å². The number of nitrogens with zero attached hydrogens (tertiary/aromatic N) is 3. The van der Waals surface area contributed by atoms with Crippen LogP contribution in [-0.2, 0) is 6.54 Å². The molecule has 0 saturated heterocycles. The third-order valence-corrected chi connectivity index (χ3v) is 6.53. The van der Waals surface area contributed by atoms with Gasteiger partial charge in [-0.3, -0.25) is 4.65 Å². The second-order valence-corrected chi connectivity index (χ2v) is 9.38. The van der Waals surface area contributed by atoms with Crippen LogP contribution in [0.2, 0.25) is 0 Å². The van der Waals surface area contributed by atoms with Crippen molar-refractivity contribution in [2.24, 2.45) is 10.2 Å². The van der Waals surface area contributed by atoms with E-state index < -0.39 is 10.6 Å². The summed E-state index contributed by atoms with van der Waals surface area (Å²) < 4.78 is -0.748. The molecule has 1 unspecified atom stereocenters. The van der Waals surface area contributed by atoms with Crippen molar-refractivity contribution < 1.29 is 20.1 Å². The van der Waals surface area contributed by atoms with Gasteiger partial charge in [-0.2, -0.15) is 0 Å². The lowest BCUT2D eigenvalue weighted by Gasteiger charge is -2.41. The number of quaternary nitrogens is 1. The summed E-state index contributed by atoms with van der Waals surface area (Å²) in [5.74, 6) is -1.40. The maximum Gasteiger partial charge on any atom is 0.335 e. The molecule has 0 aromatic heterocycles. The van der Waals surface area contributed by atoms with Crippen molar-refractivity contribution in [1.29, 1.82) is 0 Å². The van der Waals surface area contributed by atoms with Gasteiger partial charge in [-0.15, -0.1) is 10.2 Å². The number of hydrogen-bond acceptors (Lipinski definition) is 6. The number of fused-ring (bicyclic) bond motifs is 1. The molecule has 5 rings (SSSR count). The molecule has 0 fully saturated rings. The lowest BCUT2D eigenvalue weighted by atomic mass is 10.0. The lowest BCUT2D eigenvalue weighted by Crippen LogP contribution is -2.38. The van der Waals surface area contributed by atoms with Gasteiger partial charge in [0, 0.05) is 17.7 Å². The Bertz CT molecular complexity index is 1620. The summed E-state index contributed by atoms with van der Waals surface area (Å²) in [6, 6.07) is 20.1. The average molecular weight is 508 g/mol. The minimum Gasteiger partial charge on any atom is -0.622 e. The molecule has 8 nitrogen and oxygen atoms in total. The first-order valence-electron chi connectivity index (χ1n) is 11.9. The van der Waals surface area contributed by atoms with Crippen LogP contribution in [0.25, 0.3) is 17.2 Å². The number of carboxylic acid groups (broad SMARTS) is 1. The molecule has 0 saturated carbocycles. The highest BCUT2D eigenvalue weighted by atomic mass is 16.5. The van der Waals surface area contributed by atoms with Gasteiger partial charge in [0.15, 0.2) is 11.5 Å². The number of hydrogen-bond donors (Lipinski definition) is 3. The average Bonchev–Trinajstić information content (AvgIpc) is 2.89. The fraction of sp³-hybridized carbons (Fsp3) is 0.100. The Balaban J connectivity index is 1.47. The highest BCUT2D eigenvalue weighted by Gasteiger charge is 2.27. The van der Waals surface area contributed by atoms with Gasteiger partial charge in [0.1, 0.15) is 29.8 Å². The van der Waals surface area contributed by atoms with Gasteiger partial charge in [-0.25, -0.2) is 4.79 Å². The second kappa shape index (κ2) is 9.59. The Morgan fingerprint density at radius 1 is 0.868 bits per heavy atom. The summed E-state index contributed by atoms with van der Waals surface area (Å²) >= 11 is 0. The lowest BCUT2D eigenvalue weighted by molar-refractivity contribution is 0.0697. The smallest absolute Gasteiger partial charge is 0.335 e. The Kier molecular flexibility index (Phi) is 6.28. The minimum atomic E-state index is -1.07. The molecule has 1 aliphatic heterocycles. The molecule has 4 aromatic carbocycles. The minimum absolute atomic E-state index is 0.00935. The number of para-hydroxylation sites is 1. The molecule has 0 bridgehead atoms. The maximum absolute atomic E-state index is 13.7. The molecule has 0 amide bonds. The van der Waals surface area contributed by atoms with Crippen LogP contribution < -0.4 is 4.65 Å². The van der Waals surface area contributed by atoms with E-state index in [2.05, 4.69) is 10.2 Å². The normalized spacial score (nSPS) is 16.5. The first kappa shape index (κ1) is 24.9. The van der Waals surface area contributed by atoms with E-state index >= 15 is 0 Å². The van der Waals surface area contributed by atoms with Crippen molar-refractivity contribution in [3.8, 4) is 22.6 Å². The van der Waals surface area contributed by atoms with Gasteiger partial charge in [0.2, 0.25) is 0 Å². The first-order chi connectivity index (χ1) is 18.1. The molecular weight excluding hydrogens is 482 g/mol. The predicted molar refractivity (Wildman–Crippen MR) is 147 cm³/mol. The molecule has 1 atom stereocenters. The molecule has 38 heavy (non-hydrogen) atoms. The van der Waals surface area contributed by atoms with Gasteiger partial charge in [0.05, 0.1) is 11.1 Å². The van der Waals surface area contributed by atoms with E-state index in [4.69, 9.17) is 0 Å². The van der Waals surface area contributed by atoms with Crippen molar-refractivity contribution in [3.63, 3.8) is 0 Å². The summed E-state index contributed by atoms with van der Waals surface area (Å²) in [6.07, 6.45) is 3.27. The predicted octanol–water partition coefficient (Wildman–Crippen LogP) is 7.48. The second-order valence-electron chi connectivity index (χ2n) is 9.38. The van der Waals surface area contributed by atoms with Crippen LogP contribution in [0, 0.1) is 19.1 Å². The van der Waals surface area contributed by atoms with Crippen LogP contribution in [-0.4, -0.2) is 21.3 Å². The first-order valence-corrected chi connectivity index (χ1v) is 11.9. The molecule has 1 heterocycles. The molecule has 4 aromatic rings. The standard InChI is InChI=1S/C30H25N3O5/c1-18-13-19(2)15-23(14-18)33(38)12-11-20-9-10-27(29(35)25(20)17-33)32-31-26-8-4-7-24(28(26)34)21-5-3-6-22(16-21)30(36)37/h3-16,34-35H,17H2,1-2H3,(H,36,37). The number of aryl methyl sites for hydroxylation is 2. The molecule has 1 aliphatic rings. The van der Waals surface area contributed by atoms with Crippen LogP contribution in [0.5, 0.6) is 11.5 Å². The van der Waals surface area contributed by atoms with Crippen molar-refractivity contribution in [2.75, 3.05) is 0 Å². The molecule has 3 N–H and O–H groups in total. The number of hydroxylamine groups is 2. The van der Waals surface area contributed by atoms with Crippen molar-refractivity contribution in [2.45, 2.75) is 20.4 Å². The number of rotatable bonds is 5. The molecule has 0 spiro atoms. The van der Waals surface area contributed by atoms with E-state index in [1.807, 2.05) is 32.0 Å². The zero-order valence-electron chi connectivity index (χ0n) is 20.8. The zero-order valence-corrected chi connectivity index (χ0v) is 20.8. The van der Waals surface area contributed by atoms with Crippen molar-refractivity contribution >= 4 is 29.1 Å². The van der Waals surface area contributed by atoms with E-state index in [1.165, 1.54) is 12.1 Å². The molecule has 190 valence electrons. The van der Waals surface area contributed by atoms with E-state index in [0.29, 0.717) is 22.4 Å². The number of azo groups is 1. The summed E-state index contributed by atoms with van der Waals surface area (Å²) in [5, 5.41) is 53.2. The Morgan fingerprint density at radius 2 is 1.55 bits per heavy atom. The highest BCUT2D eigenvalue weighted by molar-refractivity contribution is 5.90. The monoisotopic (exact) mass is 507 g/mol. The fourth-order valence-electron chi connectivity index (χ4n) is 4.65. The highest BCUT2D eigenvalue weighted by Crippen LogP contribution is 2.42. The maximum atomic E-state index is 13.7. The van der Waals surface area contributed by atoms with Gasteiger partial charge in [-0.1, -0.05) is 36.4 Å². The third-order valence-electron chi connectivity index (χ3n) is 6.53. The number of phenols is 2. The van der Waals surface area contributed by atoms with Gasteiger partial charge in [-0.05, 0) is 66.4 Å². The number of phenolic OH excluding ortho intramolecular Hbond substituents is 2. The zero-order chi connectivity index (χ0) is 27.0. The Labute approximate surface area is 219 Å². The van der Waals surface area contributed by atoms with Crippen LogP contribution in [0.1, 0.15) is 32.6 Å². The third kappa shape index (κ3) is 4.66. The van der Waals surface area contributed by atoms with E-state index in [1.54, 1.807) is 54.7 Å². The number of aromatic hydroxyl groups is 2. The largest absolute Gasteiger partial charge is 0.622 e. The van der Waals surface area contributed by atoms with Crippen LogP contribution in [0.4, 0.5) is 17.1 Å². The summed E-state index contributed by atoms with van der Waals surface area (Å²) in [4.78, 5) is 11.3. The SMILES string of the molecule is Cc1cc(C)cc([N+]2([O-])C=Cc3ccc(N=Nc4cccc(-c5cccc(C(=O)O)c5)c4O)c(O)c3C2)c1. The number of benzene rings is 4. The molecule has 0 aliphatic carbocycles. The Hall–Kier alpha value is -4.79. The van der Waals surface area contributed by atoms with Gasteiger partial charge in [0.25, 0.3) is 0 Å². The van der Waals surface area contributed by atoms with Crippen LogP contribution in [0.15, 0.2) is 89.2 Å². The molecule has 8 heteroatoms. The summed E-state index contributed by atoms with van der Waals surface area (Å²) in [7, 11) is 0. The summed E-state index contributed by atoms with van der Waals surface area (Å²) in [5.41, 5.74) is 5.02. The van der Waals surface area contributed by atoms with E-state index in [9.17, 15) is 25.3 Å². The Morgan fingerprint density at radius 3 is 2.26 bits per heavy atom. The van der Waals surface area contributed by atoms with E-state index in [-0.39, 0.29) is 35.0 Å². The fourth-order valence-corrected chi connectivity index (χ4v) is 4.65. The topological polar surface area (TPSA) is 126 Å². The molecule has 0 radical (unpaired) electrons. The summed E-state index contributed by atoms with van der Waals surface area (Å²) in [6.45, 7) is 3.87. The number of aromatic carboxylic acids is 1.